The summed E-state index contributed by atoms with van der Waals surface area (Å²) in [6, 6.07) is 8.38. The number of thioether (sulfide) groups is 1. The fraction of sp³-hybridized carbons (Fsp3) is 0.308. The number of aryl methyl sites for hydroxylation is 2. The van der Waals surface area contributed by atoms with E-state index < -0.39 is 0 Å². The molecule has 17 heavy (non-hydrogen) atoms. The number of benzene rings is 1. The van der Waals surface area contributed by atoms with Crippen LogP contribution in [0.1, 0.15) is 16.4 Å². The smallest absolute Gasteiger partial charge is 0.168 e. The van der Waals surface area contributed by atoms with Crippen LogP contribution in [0.2, 0.25) is 0 Å². The van der Waals surface area contributed by atoms with E-state index >= 15 is 0 Å². The fourth-order valence-electron chi connectivity index (χ4n) is 1.78. The first-order valence-electron chi connectivity index (χ1n) is 5.62. The number of hydrogen-bond acceptors (Lipinski definition) is 3. The van der Waals surface area contributed by atoms with Gasteiger partial charge >= 0.3 is 0 Å². The van der Waals surface area contributed by atoms with Gasteiger partial charge in [-0.2, -0.15) is 0 Å². The van der Waals surface area contributed by atoms with Crippen LogP contribution in [-0.2, 0) is 7.05 Å². The first-order valence-corrected chi connectivity index (χ1v) is 6.50. The van der Waals surface area contributed by atoms with E-state index in [1.807, 2.05) is 24.0 Å². The van der Waals surface area contributed by atoms with Gasteiger partial charge < -0.3 is 10.3 Å². The standard InChI is InChI=1S/C13H17N3S/c1-10-5-3-4-6-11(10)12(9-14)17-13-15-7-8-16(13)2/h3-8,12H,9,14H2,1-2H3. The van der Waals surface area contributed by atoms with Crippen molar-refractivity contribution in [2.24, 2.45) is 12.8 Å². The van der Waals surface area contributed by atoms with Crippen LogP contribution in [0.25, 0.3) is 0 Å². The predicted molar refractivity (Wildman–Crippen MR) is 72.0 cm³/mol. The summed E-state index contributed by atoms with van der Waals surface area (Å²) in [4.78, 5) is 4.33. The van der Waals surface area contributed by atoms with Gasteiger partial charge in [-0.3, -0.25) is 0 Å². The van der Waals surface area contributed by atoms with E-state index in [4.69, 9.17) is 5.73 Å². The molecular formula is C13H17N3S. The molecule has 0 aliphatic heterocycles. The highest BCUT2D eigenvalue weighted by atomic mass is 32.2. The summed E-state index contributed by atoms with van der Waals surface area (Å²) in [6.07, 6.45) is 3.77. The molecule has 3 nitrogen and oxygen atoms in total. The molecule has 4 heteroatoms. The molecule has 0 aliphatic carbocycles. The van der Waals surface area contributed by atoms with E-state index in [1.54, 1.807) is 11.8 Å². The minimum Gasteiger partial charge on any atom is -0.329 e. The normalized spacial score (nSPS) is 12.6. The molecule has 0 radical (unpaired) electrons. The Morgan fingerprint density at radius 1 is 1.41 bits per heavy atom. The van der Waals surface area contributed by atoms with E-state index in [0.29, 0.717) is 6.54 Å². The maximum Gasteiger partial charge on any atom is 0.168 e. The minimum absolute atomic E-state index is 0.261. The highest BCUT2D eigenvalue weighted by molar-refractivity contribution is 7.99. The Labute approximate surface area is 106 Å². The second-order valence-electron chi connectivity index (χ2n) is 4.02. The highest BCUT2D eigenvalue weighted by Crippen LogP contribution is 2.34. The third-order valence-corrected chi connectivity index (χ3v) is 4.11. The van der Waals surface area contributed by atoms with Crippen LogP contribution in [-0.4, -0.2) is 16.1 Å². The quantitative estimate of drug-likeness (QED) is 0.844. The van der Waals surface area contributed by atoms with Crippen LogP contribution in [0.4, 0.5) is 0 Å². The topological polar surface area (TPSA) is 43.8 Å². The molecule has 1 unspecified atom stereocenters. The van der Waals surface area contributed by atoms with E-state index in [-0.39, 0.29) is 5.25 Å². The van der Waals surface area contributed by atoms with Crippen molar-refractivity contribution in [2.45, 2.75) is 17.3 Å². The van der Waals surface area contributed by atoms with Gasteiger partial charge in [-0.1, -0.05) is 36.0 Å². The molecule has 1 aromatic carbocycles. The maximum atomic E-state index is 5.88. The van der Waals surface area contributed by atoms with Gasteiger partial charge in [0.15, 0.2) is 5.16 Å². The van der Waals surface area contributed by atoms with Gasteiger partial charge in [0.25, 0.3) is 0 Å². The number of nitrogens with two attached hydrogens (primary N) is 1. The van der Waals surface area contributed by atoms with Crippen LogP contribution in [0.5, 0.6) is 0 Å². The van der Waals surface area contributed by atoms with Crippen LogP contribution < -0.4 is 5.73 Å². The van der Waals surface area contributed by atoms with Crippen molar-refractivity contribution >= 4 is 11.8 Å². The first-order chi connectivity index (χ1) is 8.22. The number of imidazole rings is 1. The second-order valence-corrected chi connectivity index (χ2v) is 5.19. The Hall–Kier alpha value is -1.26. The monoisotopic (exact) mass is 247 g/mol. The van der Waals surface area contributed by atoms with E-state index in [1.165, 1.54) is 11.1 Å². The average molecular weight is 247 g/mol. The lowest BCUT2D eigenvalue weighted by atomic mass is 10.1. The largest absolute Gasteiger partial charge is 0.329 e. The molecule has 1 aromatic heterocycles. The van der Waals surface area contributed by atoms with Crippen molar-refractivity contribution in [3.8, 4) is 0 Å². The molecule has 2 aromatic rings. The summed E-state index contributed by atoms with van der Waals surface area (Å²) in [5.74, 6) is 0. The number of rotatable bonds is 4. The van der Waals surface area contributed by atoms with E-state index in [9.17, 15) is 0 Å². The van der Waals surface area contributed by atoms with Crippen molar-refractivity contribution in [1.82, 2.24) is 9.55 Å². The first kappa shape index (κ1) is 12.2. The average Bonchev–Trinajstić information content (AvgIpc) is 2.73. The van der Waals surface area contributed by atoms with Gasteiger partial charge in [0, 0.05) is 31.2 Å². The van der Waals surface area contributed by atoms with Crippen LogP contribution in [0.15, 0.2) is 41.8 Å². The van der Waals surface area contributed by atoms with Gasteiger partial charge in [-0.05, 0) is 18.1 Å². The molecule has 0 fully saturated rings. The molecule has 0 spiro atoms. The molecule has 0 amide bonds. The van der Waals surface area contributed by atoms with Crippen molar-refractivity contribution in [3.05, 3.63) is 47.8 Å². The molecule has 0 saturated heterocycles. The summed E-state index contributed by atoms with van der Waals surface area (Å²) in [7, 11) is 2.00. The van der Waals surface area contributed by atoms with E-state index in [0.717, 1.165) is 5.16 Å². The van der Waals surface area contributed by atoms with Crippen LogP contribution in [0.3, 0.4) is 0 Å². The molecule has 1 heterocycles. The van der Waals surface area contributed by atoms with Crippen molar-refractivity contribution in [2.75, 3.05) is 6.54 Å². The SMILES string of the molecule is Cc1ccccc1C(CN)Sc1nccn1C. The molecule has 0 aliphatic rings. The van der Waals surface area contributed by atoms with Gasteiger partial charge in [-0.15, -0.1) is 0 Å². The lowest BCUT2D eigenvalue weighted by molar-refractivity contribution is 0.782. The van der Waals surface area contributed by atoms with Crippen molar-refractivity contribution in [3.63, 3.8) is 0 Å². The van der Waals surface area contributed by atoms with Gasteiger partial charge in [0.05, 0.1) is 0 Å². The second kappa shape index (κ2) is 5.38. The molecule has 2 N–H and O–H groups in total. The van der Waals surface area contributed by atoms with E-state index in [2.05, 4.69) is 36.2 Å². The summed E-state index contributed by atoms with van der Waals surface area (Å²) in [5.41, 5.74) is 8.46. The summed E-state index contributed by atoms with van der Waals surface area (Å²) in [5, 5.41) is 1.26. The van der Waals surface area contributed by atoms with Crippen molar-refractivity contribution < 1.29 is 0 Å². The number of aromatic nitrogens is 2. The Morgan fingerprint density at radius 2 is 2.18 bits per heavy atom. The predicted octanol–water partition coefficient (Wildman–Crippen LogP) is 2.52. The summed E-state index contributed by atoms with van der Waals surface area (Å²) >= 11 is 1.72. The zero-order chi connectivity index (χ0) is 12.3. The molecule has 1 atom stereocenters. The zero-order valence-corrected chi connectivity index (χ0v) is 10.9. The third-order valence-electron chi connectivity index (χ3n) is 2.77. The Bertz CT molecular complexity index is 493. The molecule has 2 rings (SSSR count). The molecule has 90 valence electrons. The Morgan fingerprint density at radius 3 is 2.76 bits per heavy atom. The van der Waals surface area contributed by atoms with Gasteiger partial charge in [0.2, 0.25) is 0 Å². The Kier molecular flexibility index (Phi) is 3.86. The third kappa shape index (κ3) is 2.70. The van der Waals surface area contributed by atoms with Crippen molar-refractivity contribution in [1.29, 1.82) is 0 Å². The lowest BCUT2D eigenvalue weighted by Crippen LogP contribution is -2.11. The fourth-order valence-corrected chi connectivity index (χ4v) is 2.87. The zero-order valence-electron chi connectivity index (χ0n) is 10.1. The minimum atomic E-state index is 0.261. The Balaban J connectivity index is 2.23. The number of hydrogen-bond donors (Lipinski definition) is 1. The number of nitrogens with zero attached hydrogens (tertiary/aromatic N) is 2. The molecule has 0 bridgehead atoms. The summed E-state index contributed by atoms with van der Waals surface area (Å²) < 4.78 is 2.02. The van der Waals surface area contributed by atoms with Gasteiger partial charge in [0.1, 0.15) is 0 Å². The molecular weight excluding hydrogens is 230 g/mol. The summed E-state index contributed by atoms with van der Waals surface area (Å²) in [6.45, 7) is 2.74. The van der Waals surface area contributed by atoms with Gasteiger partial charge in [-0.25, -0.2) is 4.98 Å². The van der Waals surface area contributed by atoms with Crippen LogP contribution >= 0.6 is 11.8 Å². The van der Waals surface area contributed by atoms with Crippen LogP contribution in [0, 0.1) is 6.92 Å². The highest BCUT2D eigenvalue weighted by Gasteiger charge is 2.15. The molecule has 0 saturated carbocycles. The maximum absolute atomic E-state index is 5.88. The lowest BCUT2D eigenvalue weighted by Gasteiger charge is -2.16.